The van der Waals surface area contributed by atoms with Crippen molar-refractivity contribution in [3.05, 3.63) is 66.2 Å². The van der Waals surface area contributed by atoms with Gasteiger partial charge in [0.25, 0.3) is 5.91 Å². The lowest BCUT2D eigenvalue weighted by atomic mass is 10.1. The van der Waals surface area contributed by atoms with Gasteiger partial charge in [-0.1, -0.05) is 12.1 Å². The molecule has 0 spiro atoms. The van der Waals surface area contributed by atoms with Gasteiger partial charge in [0.05, 0.1) is 31.8 Å². The van der Waals surface area contributed by atoms with Crippen molar-refractivity contribution in [3.63, 3.8) is 0 Å². The molecular formula is C21H22N4O3. The molecule has 28 heavy (non-hydrogen) atoms. The maximum atomic E-state index is 12.4. The summed E-state index contributed by atoms with van der Waals surface area (Å²) in [4.78, 5) is 25.1. The molecule has 7 heteroatoms. The van der Waals surface area contributed by atoms with Crippen LogP contribution in [0, 0.1) is 0 Å². The zero-order valence-electron chi connectivity index (χ0n) is 15.9. The van der Waals surface area contributed by atoms with Gasteiger partial charge in [0, 0.05) is 24.4 Å². The number of ether oxygens (including phenoxy) is 2. The Bertz CT molecular complexity index is 929. The molecule has 0 aliphatic heterocycles. The number of nitrogens with one attached hydrogen (secondary N) is 1. The lowest BCUT2D eigenvalue weighted by Crippen LogP contribution is -2.26. The number of pyridine rings is 1. The van der Waals surface area contributed by atoms with Crippen molar-refractivity contribution in [1.29, 1.82) is 0 Å². The normalized spacial score (nSPS) is 10.4. The molecule has 2 heterocycles. The van der Waals surface area contributed by atoms with Crippen LogP contribution in [0.15, 0.2) is 55.0 Å². The summed E-state index contributed by atoms with van der Waals surface area (Å²) in [5, 5.41) is 2.87. The number of carbonyl (C=O) groups is 1. The number of rotatable bonds is 8. The molecule has 0 aliphatic rings. The molecule has 1 amide bonds. The Balaban J connectivity index is 1.61. The second-order valence-corrected chi connectivity index (χ2v) is 5.97. The molecule has 3 rings (SSSR count). The Kier molecular flexibility index (Phi) is 6.51. The van der Waals surface area contributed by atoms with Gasteiger partial charge in [0.2, 0.25) is 5.88 Å². The largest absolute Gasteiger partial charge is 0.497 e. The minimum absolute atomic E-state index is 0.261. The van der Waals surface area contributed by atoms with Gasteiger partial charge in [0.15, 0.2) is 0 Å². The SMILES string of the molecule is CCOc1ccc(-c2cncc(C(=O)NCCc3cccc(OC)c3)n2)cn1. The van der Waals surface area contributed by atoms with E-state index in [-0.39, 0.29) is 11.6 Å². The average Bonchev–Trinajstić information content (AvgIpc) is 2.75. The Morgan fingerprint density at radius 2 is 2.04 bits per heavy atom. The maximum Gasteiger partial charge on any atom is 0.271 e. The van der Waals surface area contributed by atoms with Crippen LogP contribution in [0.5, 0.6) is 11.6 Å². The maximum absolute atomic E-state index is 12.4. The zero-order chi connectivity index (χ0) is 19.8. The van der Waals surface area contributed by atoms with Crippen molar-refractivity contribution in [1.82, 2.24) is 20.3 Å². The monoisotopic (exact) mass is 378 g/mol. The van der Waals surface area contributed by atoms with E-state index in [1.54, 1.807) is 25.6 Å². The third-order valence-electron chi connectivity index (χ3n) is 4.02. The number of aromatic nitrogens is 3. The molecule has 0 radical (unpaired) electrons. The number of carbonyl (C=O) groups excluding carboxylic acids is 1. The molecule has 1 N–H and O–H groups in total. The van der Waals surface area contributed by atoms with E-state index in [4.69, 9.17) is 9.47 Å². The van der Waals surface area contributed by atoms with Gasteiger partial charge in [0.1, 0.15) is 11.4 Å². The van der Waals surface area contributed by atoms with Gasteiger partial charge in [-0.2, -0.15) is 0 Å². The fourth-order valence-corrected chi connectivity index (χ4v) is 2.62. The molecule has 0 saturated heterocycles. The summed E-state index contributed by atoms with van der Waals surface area (Å²) < 4.78 is 10.5. The van der Waals surface area contributed by atoms with Crippen LogP contribution in [0.3, 0.4) is 0 Å². The van der Waals surface area contributed by atoms with Crippen LogP contribution in [-0.4, -0.2) is 41.1 Å². The van der Waals surface area contributed by atoms with Crippen molar-refractivity contribution in [2.75, 3.05) is 20.3 Å². The van der Waals surface area contributed by atoms with E-state index >= 15 is 0 Å². The fourth-order valence-electron chi connectivity index (χ4n) is 2.62. The average molecular weight is 378 g/mol. The highest BCUT2D eigenvalue weighted by molar-refractivity contribution is 5.92. The predicted octanol–water partition coefficient (Wildman–Crippen LogP) is 2.92. The molecule has 7 nitrogen and oxygen atoms in total. The molecule has 0 atom stereocenters. The summed E-state index contributed by atoms with van der Waals surface area (Å²) in [5.41, 5.74) is 2.69. The van der Waals surface area contributed by atoms with Crippen molar-refractivity contribution in [3.8, 4) is 22.9 Å². The number of hydrogen-bond donors (Lipinski definition) is 1. The summed E-state index contributed by atoms with van der Waals surface area (Å²) in [5.74, 6) is 1.08. The number of amides is 1. The fraction of sp³-hybridized carbons (Fsp3) is 0.238. The Morgan fingerprint density at radius 1 is 1.14 bits per heavy atom. The summed E-state index contributed by atoms with van der Waals surface area (Å²) in [6.45, 7) is 2.94. The molecule has 144 valence electrons. The van der Waals surface area contributed by atoms with Crippen molar-refractivity contribution < 1.29 is 14.3 Å². The van der Waals surface area contributed by atoms with E-state index in [1.165, 1.54) is 6.20 Å². The van der Waals surface area contributed by atoms with Crippen LogP contribution in [0.4, 0.5) is 0 Å². The van der Waals surface area contributed by atoms with E-state index in [9.17, 15) is 4.79 Å². The van der Waals surface area contributed by atoms with Gasteiger partial charge in [-0.25, -0.2) is 9.97 Å². The third kappa shape index (κ3) is 5.03. The lowest BCUT2D eigenvalue weighted by molar-refractivity contribution is 0.0949. The molecule has 0 aliphatic carbocycles. The molecule has 0 fully saturated rings. The highest BCUT2D eigenvalue weighted by atomic mass is 16.5. The third-order valence-corrected chi connectivity index (χ3v) is 4.02. The molecule has 1 aromatic carbocycles. The smallest absolute Gasteiger partial charge is 0.271 e. The molecule has 0 bridgehead atoms. The summed E-state index contributed by atoms with van der Waals surface area (Å²) in [7, 11) is 1.63. The van der Waals surface area contributed by atoms with Gasteiger partial charge < -0.3 is 14.8 Å². The molecule has 0 saturated carbocycles. The summed E-state index contributed by atoms with van der Waals surface area (Å²) in [6.07, 6.45) is 5.40. The zero-order valence-corrected chi connectivity index (χ0v) is 15.9. The first-order chi connectivity index (χ1) is 13.7. The first-order valence-electron chi connectivity index (χ1n) is 9.02. The van der Waals surface area contributed by atoms with Crippen LogP contribution in [0.25, 0.3) is 11.3 Å². The van der Waals surface area contributed by atoms with Crippen LogP contribution in [0.1, 0.15) is 23.0 Å². The van der Waals surface area contributed by atoms with Crippen LogP contribution in [0.2, 0.25) is 0 Å². The highest BCUT2D eigenvalue weighted by Gasteiger charge is 2.10. The molecule has 0 unspecified atom stereocenters. The summed E-state index contributed by atoms with van der Waals surface area (Å²) in [6, 6.07) is 11.4. The number of hydrogen-bond acceptors (Lipinski definition) is 6. The van der Waals surface area contributed by atoms with E-state index < -0.39 is 0 Å². The standard InChI is InChI=1S/C21H22N4O3/c1-3-28-20-8-7-16(12-24-20)18-13-22-14-19(25-18)21(26)23-10-9-15-5-4-6-17(11-15)27-2/h4-8,11-14H,3,9-10H2,1-2H3,(H,23,26). The minimum atomic E-state index is -0.267. The van der Waals surface area contributed by atoms with E-state index in [2.05, 4.69) is 20.3 Å². The van der Waals surface area contributed by atoms with Crippen molar-refractivity contribution >= 4 is 5.91 Å². The topological polar surface area (TPSA) is 86.2 Å². The van der Waals surface area contributed by atoms with Crippen LogP contribution in [-0.2, 0) is 6.42 Å². The predicted molar refractivity (Wildman–Crippen MR) is 105 cm³/mol. The minimum Gasteiger partial charge on any atom is -0.497 e. The van der Waals surface area contributed by atoms with E-state index in [1.807, 2.05) is 37.3 Å². The highest BCUT2D eigenvalue weighted by Crippen LogP contribution is 2.18. The lowest BCUT2D eigenvalue weighted by Gasteiger charge is -2.08. The second-order valence-electron chi connectivity index (χ2n) is 5.97. The number of benzene rings is 1. The van der Waals surface area contributed by atoms with Gasteiger partial charge in [-0.3, -0.25) is 9.78 Å². The Labute approximate surface area is 163 Å². The van der Waals surface area contributed by atoms with E-state index in [0.29, 0.717) is 31.1 Å². The number of methoxy groups -OCH3 is 1. The van der Waals surface area contributed by atoms with Gasteiger partial charge in [-0.15, -0.1) is 0 Å². The first-order valence-corrected chi connectivity index (χ1v) is 9.02. The van der Waals surface area contributed by atoms with Crippen molar-refractivity contribution in [2.45, 2.75) is 13.3 Å². The number of nitrogens with zero attached hydrogens (tertiary/aromatic N) is 3. The Morgan fingerprint density at radius 3 is 2.79 bits per heavy atom. The van der Waals surface area contributed by atoms with Crippen molar-refractivity contribution in [2.24, 2.45) is 0 Å². The van der Waals surface area contributed by atoms with Crippen LogP contribution < -0.4 is 14.8 Å². The second kappa shape index (κ2) is 9.45. The molecule has 2 aromatic heterocycles. The van der Waals surface area contributed by atoms with Gasteiger partial charge in [-0.05, 0) is 37.1 Å². The molecule has 3 aromatic rings. The quantitative estimate of drug-likeness (QED) is 0.649. The summed E-state index contributed by atoms with van der Waals surface area (Å²) >= 11 is 0. The first kappa shape index (κ1) is 19.3. The Hall–Kier alpha value is -3.48. The molecular weight excluding hydrogens is 356 g/mol. The van der Waals surface area contributed by atoms with Crippen LogP contribution >= 0.6 is 0 Å². The van der Waals surface area contributed by atoms with Gasteiger partial charge >= 0.3 is 0 Å². The van der Waals surface area contributed by atoms with E-state index in [0.717, 1.165) is 16.9 Å².